The first-order valence-corrected chi connectivity index (χ1v) is 5.90. The minimum Gasteiger partial charge on any atom is -0.375 e. The Bertz CT molecular complexity index is 365. The van der Waals surface area contributed by atoms with Crippen LogP contribution in [0.15, 0.2) is 24.3 Å². The van der Waals surface area contributed by atoms with Gasteiger partial charge in [-0.15, -0.1) is 0 Å². The molecule has 0 bridgehead atoms. The molecule has 0 aliphatic carbocycles. The van der Waals surface area contributed by atoms with Crippen LogP contribution in [0.3, 0.4) is 0 Å². The van der Waals surface area contributed by atoms with Crippen LogP contribution in [0.2, 0.25) is 0 Å². The number of anilines is 1. The molecule has 1 amide bonds. The van der Waals surface area contributed by atoms with Gasteiger partial charge in [-0.1, -0.05) is 12.1 Å². The SMILES string of the molecule is Cc1cccc(N(C)CCCCC(=O)NN)c1. The molecule has 0 saturated heterocycles. The molecule has 4 nitrogen and oxygen atoms in total. The monoisotopic (exact) mass is 235 g/mol. The summed E-state index contributed by atoms with van der Waals surface area (Å²) in [5.41, 5.74) is 4.62. The van der Waals surface area contributed by atoms with Crippen LogP contribution < -0.4 is 16.2 Å². The fourth-order valence-corrected chi connectivity index (χ4v) is 1.70. The second-order valence-electron chi connectivity index (χ2n) is 4.29. The van der Waals surface area contributed by atoms with Gasteiger partial charge in [-0.2, -0.15) is 0 Å². The second kappa shape index (κ2) is 6.91. The highest BCUT2D eigenvalue weighted by Gasteiger charge is 2.02. The molecule has 1 aromatic rings. The lowest BCUT2D eigenvalue weighted by molar-refractivity contribution is -0.121. The van der Waals surface area contributed by atoms with Gasteiger partial charge in [0.25, 0.3) is 0 Å². The number of amides is 1. The molecular formula is C13H21N3O. The predicted molar refractivity (Wildman–Crippen MR) is 70.6 cm³/mol. The van der Waals surface area contributed by atoms with Crippen molar-refractivity contribution in [3.05, 3.63) is 29.8 Å². The number of hydrogen-bond donors (Lipinski definition) is 2. The summed E-state index contributed by atoms with van der Waals surface area (Å²) in [6, 6.07) is 8.40. The fourth-order valence-electron chi connectivity index (χ4n) is 1.70. The maximum Gasteiger partial charge on any atom is 0.233 e. The number of unbranched alkanes of at least 4 members (excludes halogenated alkanes) is 1. The Morgan fingerprint density at radius 1 is 1.41 bits per heavy atom. The van der Waals surface area contributed by atoms with Gasteiger partial charge in [-0.05, 0) is 37.5 Å². The molecule has 1 rings (SSSR count). The van der Waals surface area contributed by atoms with Crippen LogP contribution in [-0.4, -0.2) is 19.5 Å². The number of hydrazine groups is 1. The van der Waals surface area contributed by atoms with Gasteiger partial charge in [0.15, 0.2) is 0 Å². The zero-order chi connectivity index (χ0) is 12.7. The van der Waals surface area contributed by atoms with Gasteiger partial charge in [0.2, 0.25) is 5.91 Å². The largest absolute Gasteiger partial charge is 0.375 e. The third-order valence-corrected chi connectivity index (χ3v) is 2.75. The number of nitrogens with zero attached hydrogens (tertiary/aromatic N) is 1. The predicted octanol–water partition coefficient (Wildman–Crippen LogP) is 1.59. The molecule has 94 valence electrons. The summed E-state index contributed by atoms with van der Waals surface area (Å²) < 4.78 is 0. The van der Waals surface area contributed by atoms with Crippen LogP contribution in [0, 0.1) is 6.92 Å². The highest BCUT2D eigenvalue weighted by atomic mass is 16.2. The maximum atomic E-state index is 10.9. The normalized spacial score (nSPS) is 10.1. The molecular weight excluding hydrogens is 214 g/mol. The van der Waals surface area contributed by atoms with Crippen LogP contribution in [-0.2, 0) is 4.79 Å². The number of aryl methyl sites for hydroxylation is 1. The summed E-state index contributed by atoms with van der Waals surface area (Å²) in [6.07, 6.45) is 2.34. The van der Waals surface area contributed by atoms with Gasteiger partial charge in [0.05, 0.1) is 0 Å². The first-order chi connectivity index (χ1) is 8.13. The number of hydrogen-bond acceptors (Lipinski definition) is 3. The van der Waals surface area contributed by atoms with E-state index in [0.29, 0.717) is 6.42 Å². The highest BCUT2D eigenvalue weighted by Crippen LogP contribution is 2.14. The minimum atomic E-state index is -0.0943. The molecule has 4 heteroatoms. The van der Waals surface area contributed by atoms with Crippen molar-refractivity contribution in [3.8, 4) is 0 Å². The standard InChI is InChI=1S/C13H21N3O/c1-11-6-5-7-12(10-11)16(2)9-4-3-8-13(17)15-14/h5-7,10H,3-4,8-9,14H2,1-2H3,(H,15,17). The molecule has 0 fully saturated rings. The molecule has 0 unspecified atom stereocenters. The van der Waals surface area contributed by atoms with Gasteiger partial charge < -0.3 is 4.90 Å². The van der Waals surface area contributed by atoms with Crippen molar-refractivity contribution >= 4 is 11.6 Å². The average Bonchev–Trinajstić information content (AvgIpc) is 2.34. The van der Waals surface area contributed by atoms with E-state index in [1.807, 2.05) is 0 Å². The van der Waals surface area contributed by atoms with Crippen LogP contribution in [0.25, 0.3) is 0 Å². The van der Waals surface area contributed by atoms with E-state index in [9.17, 15) is 4.79 Å². The van der Waals surface area contributed by atoms with E-state index < -0.39 is 0 Å². The Kier molecular flexibility index (Phi) is 5.49. The number of carbonyl (C=O) groups is 1. The molecule has 3 N–H and O–H groups in total. The van der Waals surface area contributed by atoms with Gasteiger partial charge in [-0.3, -0.25) is 10.2 Å². The molecule has 17 heavy (non-hydrogen) atoms. The Balaban J connectivity index is 2.30. The molecule has 0 heterocycles. The molecule has 0 atom stereocenters. The molecule has 0 aromatic heterocycles. The molecule has 0 spiro atoms. The fraction of sp³-hybridized carbons (Fsp3) is 0.462. The van der Waals surface area contributed by atoms with Crippen LogP contribution in [0.4, 0.5) is 5.69 Å². The van der Waals surface area contributed by atoms with E-state index in [1.54, 1.807) is 0 Å². The van der Waals surface area contributed by atoms with Gasteiger partial charge >= 0.3 is 0 Å². The summed E-state index contributed by atoms with van der Waals surface area (Å²) >= 11 is 0. The molecule has 0 aliphatic rings. The average molecular weight is 235 g/mol. The van der Waals surface area contributed by atoms with Crippen molar-refractivity contribution in [3.63, 3.8) is 0 Å². The lowest BCUT2D eigenvalue weighted by Gasteiger charge is -2.19. The Labute approximate surface area is 103 Å². The summed E-state index contributed by atoms with van der Waals surface area (Å²) in [5, 5.41) is 0. The number of carbonyl (C=O) groups excluding carboxylic acids is 1. The van der Waals surface area contributed by atoms with Gasteiger partial charge in [0.1, 0.15) is 0 Å². The Morgan fingerprint density at radius 2 is 2.18 bits per heavy atom. The first-order valence-electron chi connectivity index (χ1n) is 5.90. The lowest BCUT2D eigenvalue weighted by Crippen LogP contribution is -2.29. The second-order valence-corrected chi connectivity index (χ2v) is 4.29. The number of nitrogens with one attached hydrogen (secondary N) is 1. The van der Waals surface area contributed by atoms with Crippen molar-refractivity contribution in [2.45, 2.75) is 26.2 Å². The van der Waals surface area contributed by atoms with Crippen LogP contribution in [0.5, 0.6) is 0 Å². The Hall–Kier alpha value is -1.55. The summed E-state index contributed by atoms with van der Waals surface area (Å²) in [6.45, 7) is 3.03. The van der Waals surface area contributed by atoms with Crippen LogP contribution >= 0.6 is 0 Å². The maximum absolute atomic E-state index is 10.9. The van der Waals surface area contributed by atoms with Gasteiger partial charge in [-0.25, -0.2) is 5.84 Å². The van der Waals surface area contributed by atoms with Crippen molar-refractivity contribution in [1.29, 1.82) is 0 Å². The summed E-state index contributed by atoms with van der Waals surface area (Å²) in [4.78, 5) is 13.1. The van der Waals surface area contributed by atoms with E-state index in [4.69, 9.17) is 5.84 Å². The summed E-state index contributed by atoms with van der Waals surface area (Å²) in [7, 11) is 2.07. The molecule has 0 radical (unpaired) electrons. The smallest absolute Gasteiger partial charge is 0.233 e. The molecule has 1 aromatic carbocycles. The minimum absolute atomic E-state index is 0.0943. The Morgan fingerprint density at radius 3 is 2.82 bits per heavy atom. The highest BCUT2D eigenvalue weighted by molar-refractivity contribution is 5.75. The van der Waals surface area contributed by atoms with E-state index in [0.717, 1.165) is 19.4 Å². The van der Waals surface area contributed by atoms with Crippen molar-refractivity contribution in [1.82, 2.24) is 5.43 Å². The zero-order valence-electron chi connectivity index (χ0n) is 10.6. The number of rotatable bonds is 6. The molecule has 0 aliphatic heterocycles. The van der Waals surface area contributed by atoms with Crippen molar-refractivity contribution in [2.24, 2.45) is 5.84 Å². The lowest BCUT2D eigenvalue weighted by atomic mass is 10.2. The van der Waals surface area contributed by atoms with E-state index >= 15 is 0 Å². The molecule has 0 saturated carbocycles. The van der Waals surface area contributed by atoms with Crippen molar-refractivity contribution in [2.75, 3.05) is 18.5 Å². The van der Waals surface area contributed by atoms with E-state index in [-0.39, 0.29) is 5.91 Å². The van der Waals surface area contributed by atoms with Crippen molar-refractivity contribution < 1.29 is 4.79 Å². The first kappa shape index (κ1) is 13.5. The third-order valence-electron chi connectivity index (χ3n) is 2.75. The quantitative estimate of drug-likeness (QED) is 0.341. The third kappa shape index (κ3) is 4.87. The van der Waals surface area contributed by atoms with E-state index in [2.05, 4.69) is 48.6 Å². The summed E-state index contributed by atoms with van der Waals surface area (Å²) in [5.74, 6) is 4.92. The van der Waals surface area contributed by atoms with Gasteiger partial charge in [0, 0.05) is 25.7 Å². The zero-order valence-corrected chi connectivity index (χ0v) is 10.6. The van der Waals surface area contributed by atoms with Crippen LogP contribution in [0.1, 0.15) is 24.8 Å². The van der Waals surface area contributed by atoms with E-state index in [1.165, 1.54) is 11.3 Å². The number of nitrogens with two attached hydrogens (primary N) is 1. The topological polar surface area (TPSA) is 58.4 Å². The number of benzene rings is 1.